The molecule has 0 spiro atoms. The zero-order valence-corrected chi connectivity index (χ0v) is 21.6. The second-order valence-corrected chi connectivity index (χ2v) is 9.95. The van der Waals surface area contributed by atoms with Crippen molar-refractivity contribution >= 4 is 23.0 Å². The summed E-state index contributed by atoms with van der Waals surface area (Å²) in [7, 11) is 0. The third-order valence-electron chi connectivity index (χ3n) is 7.06. The number of nitrogens with one attached hydrogen (secondary N) is 1. The fraction of sp³-hybridized carbons (Fsp3) is 0.250. The van der Waals surface area contributed by atoms with Gasteiger partial charge in [-0.05, 0) is 67.6 Å². The van der Waals surface area contributed by atoms with Crippen LogP contribution >= 0.6 is 0 Å². The number of carbonyl (C=O) groups excluding carboxylic acids is 3. The Morgan fingerprint density at radius 2 is 1.24 bits per heavy atom. The van der Waals surface area contributed by atoms with E-state index in [9.17, 15) is 14.4 Å². The van der Waals surface area contributed by atoms with Crippen LogP contribution in [0.2, 0.25) is 0 Å². The summed E-state index contributed by atoms with van der Waals surface area (Å²) >= 11 is 0. The van der Waals surface area contributed by atoms with Crippen molar-refractivity contribution in [3.63, 3.8) is 0 Å². The highest BCUT2D eigenvalue weighted by atomic mass is 16.1. The molecule has 1 fully saturated rings. The number of Topliss-reactive ketones (excluding diaryl/α,β-unsaturated/α-hetero) is 2. The van der Waals surface area contributed by atoms with Gasteiger partial charge in [0.15, 0.2) is 17.3 Å². The summed E-state index contributed by atoms with van der Waals surface area (Å²) < 4.78 is 0. The molecule has 1 aromatic heterocycles. The van der Waals surface area contributed by atoms with Crippen LogP contribution in [-0.2, 0) is 12.8 Å². The van der Waals surface area contributed by atoms with Crippen LogP contribution in [0.1, 0.15) is 72.9 Å². The lowest BCUT2D eigenvalue weighted by Crippen LogP contribution is -2.29. The van der Waals surface area contributed by atoms with Crippen LogP contribution in [0.3, 0.4) is 0 Å². The predicted octanol–water partition coefficient (Wildman–Crippen LogP) is 5.79. The first-order chi connectivity index (χ1) is 18.5. The second kappa shape index (κ2) is 11.4. The van der Waals surface area contributed by atoms with E-state index in [1.165, 1.54) is 24.9 Å². The van der Waals surface area contributed by atoms with Crippen molar-refractivity contribution in [2.45, 2.75) is 39.0 Å². The van der Waals surface area contributed by atoms with Crippen molar-refractivity contribution in [2.75, 3.05) is 18.0 Å². The van der Waals surface area contributed by atoms with Gasteiger partial charge in [-0.3, -0.25) is 19.5 Å². The van der Waals surface area contributed by atoms with Crippen LogP contribution in [0, 0.1) is 6.92 Å². The molecule has 192 valence electrons. The number of nitrogens with zero attached hydrogens (tertiary/aromatic N) is 2. The summed E-state index contributed by atoms with van der Waals surface area (Å²) in [6.07, 6.45) is 4.24. The Kier molecular flexibility index (Phi) is 7.59. The van der Waals surface area contributed by atoms with Crippen LogP contribution in [0.25, 0.3) is 0 Å². The summed E-state index contributed by atoms with van der Waals surface area (Å²) in [5.74, 6) is -0.113. The molecule has 1 N–H and O–H groups in total. The van der Waals surface area contributed by atoms with Crippen LogP contribution in [0.5, 0.6) is 0 Å². The van der Waals surface area contributed by atoms with Gasteiger partial charge >= 0.3 is 0 Å². The van der Waals surface area contributed by atoms with Gasteiger partial charge < -0.3 is 4.90 Å². The highest BCUT2D eigenvalue weighted by Gasteiger charge is 2.15. The number of aryl methyl sites for hydroxylation is 1. The van der Waals surface area contributed by atoms with Gasteiger partial charge in [0.25, 0.3) is 0 Å². The van der Waals surface area contributed by atoms with E-state index in [1.807, 2.05) is 43.3 Å². The largest absolute Gasteiger partial charge is 0.372 e. The maximum absolute atomic E-state index is 13.0. The smallest absolute Gasteiger partial charge is 0.193 e. The number of aromatic amines is 1. The van der Waals surface area contributed by atoms with Crippen LogP contribution in [0.15, 0.2) is 78.9 Å². The number of hydrogen-bond acceptors (Lipinski definition) is 5. The van der Waals surface area contributed by atoms with Gasteiger partial charge in [-0.25, -0.2) is 0 Å². The summed E-state index contributed by atoms with van der Waals surface area (Å²) in [6.45, 7) is 4.00. The first-order valence-corrected chi connectivity index (χ1v) is 13.1. The van der Waals surface area contributed by atoms with Crippen molar-refractivity contribution in [1.82, 2.24) is 10.2 Å². The van der Waals surface area contributed by atoms with E-state index in [4.69, 9.17) is 0 Å². The van der Waals surface area contributed by atoms with E-state index in [-0.39, 0.29) is 30.2 Å². The molecule has 2 heterocycles. The van der Waals surface area contributed by atoms with E-state index >= 15 is 0 Å². The fourth-order valence-electron chi connectivity index (χ4n) is 4.85. The van der Waals surface area contributed by atoms with Crippen molar-refractivity contribution in [3.8, 4) is 0 Å². The van der Waals surface area contributed by atoms with Crippen molar-refractivity contribution in [2.24, 2.45) is 0 Å². The number of piperidine rings is 1. The number of aromatic nitrogens is 2. The van der Waals surface area contributed by atoms with E-state index in [0.29, 0.717) is 22.4 Å². The Bertz CT molecular complexity index is 1430. The minimum absolute atomic E-state index is 0.0596. The predicted molar refractivity (Wildman–Crippen MR) is 148 cm³/mol. The average molecular weight is 506 g/mol. The molecule has 0 amide bonds. The molecule has 0 saturated carbocycles. The molecule has 38 heavy (non-hydrogen) atoms. The van der Waals surface area contributed by atoms with Gasteiger partial charge in [-0.1, -0.05) is 48.5 Å². The SMILES string of the molecule is Cc1cc(C(=O)Cc2ccc(C(=O)c3ccc(CC(=O)c4ccc(N5CCCCC5)cc4)cc3)cc2)n[nH]1. The summed E-state index contributed by atoms with van der Waals surface area (Å²) in [5.41, 5.74) is 5.93. The third kappa shape index (κ3) is 5.97. The molecule has 1 saturated heterocycles. The molecule has 6 nitrogen and oxygen atoms in total. The highest BCUT2D eigenvalue weighted by Crippen LogP contribution is 2.21. The number of hydrogen-bond donors (Lipinski definition) is 1. The van der Waals surface area contributed by atoms with Crippen LogP contribution in [-0.4, -0.2) is 40.6 Å². The molecule has 0 unspecified atom stereocenters. The number of ketones is 3. The minimum atomic E-state index is -0.100. The number of rotatable bonds is 9. The summed E-state index contributed by atoms with van der Waals surface area (Å²) in [6, 6.07) is 23.9. The minimum Gasteiger partial charge on any atom is -0.372 e. The maximum atomic E-state index is 13.0. The van der Waals surface area contributed by atoms with E-state index in [1.54, 1.807) is 42.5 Å². The monoisotopic (exact) mass is 505 g/mol. The number of H-pyrrole nitrogens is 1. The summed E-state index contributed by atoms with van der Waals surface area (Å²) in [5, 5.41) is 6.79. The third-order valence-corrected chi connectivity index (χ3v) is 7.06. The number of anilines is 1. The molecular weight excluding hydrogens is 474 g/mol. The Balaban J connectivity index is 1.17. The molecule has 5 rings (SSSR count). The summed E-state index contributed by atoms with van der Waals surface area (Å²) in [4.78, 5) is 40.6. The highest BCUT2D eigenvalue weighted by molar-refractivity contribution is 6.09. The molecule has 1 aliphatic rings. The molecule has 0 radical (unpaired) electrons. The normalized spacial score (nSPS) is 13.3. The topological polar surface area (TPSA) is 83.1 Å². The zero-order valence-electron chi connectivity index (χ0n) is 21.6. The van der Waals surface area contributed by atoms with Gasteiger partial charge in [-0.15, -0.1) is 0 Å². The molecule has 1 aliphatic heterocycles. The van der Waals surface area contributed by atoms with Gasteiger partial charge in [0.05, 0.1) is 0 Å². The Morgan fingerprint density at radius 3 is 1.76 bits per heavy atom. The Morgan fingerprint density at radius 1 is 0.711 bits per heavy atom. The van der Waals surface area contributed by atoms with Crippen molar-refractivity contribution in [3.05, 3.63) is 118 Å². The quantitative estimate of drug-likeness (QED) is 0.291. The molecule has 6 heteroatoms. The van der Waals surface area contributed by atoms with E-state index in [0.717, 1.165) is 29.9 Å². The van der Waals surface area contributed by atoms with Crippen molar-refractivity contribution in [1.29, 1.82) is 0 Å². The fourth-order valence-corrected chi connectivity index (χ4v) is 4.85. The Hall–Kier alpha value is -4.32. The molecule has 3 aromatic carbocycles. The van der Waals surface area contributed by atoms with E-state index in [2.05, 4.69) is 15.1 Å². The molecule has 0 atom stereocenters. The van der Waals surface area contributed by atoms with Gasteiger partial charge in [0, 0.05) is 54.0 Å². The zero-order chi connectivity index (χ0) is 26.5. The first kappa shape index (κ1) is 25.3. The molecule has 0 aliphatic carbocycles. The molecule has 4 aromatic rings. The molecule has 0 bridgehead atoms. The number of benzene rings is 3. The van der Waals surface area contributed by atoms with Gasteiger partial charge in [0.2, 0.25) is 0 Å². The number of carbonyl (C=O) groups is 3. The Labute approximate surface area is 222 Å². The van der Waals surface area contributed by atoms with Gasteiger partial charge in [0.1, 0.15) is 5.69 Å². The lowest BCUT2D eigenvalue weighted by Gasteiger charge is -2.28. The first-order valence-electron chi connectivity index (χ1n) is 13.1. The molecular formula is C32H31N3O3. The van der Waals surface area contributed by atoms with Gasteiger partial charge in [-0.2, -0.15) is 5.10 Å². The second-order valence-electron chi connectivity index (χ2n) is 9.95. The lowest BCUT2D eigenvalue weighted by molar-refractivity contribution is 0.0982. The van der Waals surface area contributed by atoms with E-state index < -0.39 is 0 Å². The lowest BCUT2D eigenvalue weighted by atomic mass is 9.97. The standard InChI is InChI=1S/C32H31N3O3/c1-22-19-29(34-33-22)31(37)21-24-7-11-27(12-8-24)32(38)26-9-5-23(6-10-26)20-30(36)25-13-15-28(16-14-25)35-17-3-2-4-18-35/h5-16,19H,2-4,17-18,20-21H2,1H3,(H,33,34). The van der Waals surface area contributed by atoms with Crippen LogP contribution < -0.4 is 4.90 Å². The average Bonchev–Trinajstić information content (AvgIpc) is 3.40. The van der Waals surface area contributed by atoms with Crippen molar-refractivity contribution < 1.29 is 14.4 Å². The van der Waals surface area contributed by atoms with Crippen LogP contribution in [0.4, 0.5) is 5.69 Å². The maximum Gasteiger partial charge on any atom is 0.193 e.